The fraction of sp³-hybridized carbons (Fsp3) is 0.632. The molecule has 1 aliphatic heterocycles. The number of fused-ring (bicyclic) bond motifs is 1. The van der Waals surface area contributed by atoms with Crippen LogP contribution in [0.15, 0.2) is 24.3 Å². The Labute approximate surface area is 164 Å². The molecule has 3 rings (SSSR count). The molecule has 1 aliphatic carbocycles. The molecule has 4 nitrogen and oxygen atoms in total. The number of hydrogen-bond acceptors (Lipinski definition) is 3. The summed E-state index contributed by atoms with van der Waals surface area (Å²) in [7, 11) is 0. The predicted molar refractivity (Wildman–Crippen MR) is 101 cm³/mol. The van der Waals surface area contributed by atoms with Gasteiger partial charge in [-0.25, -0.2) is 0 Å². The highest BCUT2D eigenvalue weighted by atomic mass is 35.5. The summed E-state index contributed by atoms with van der Waals surface area (Å²) in [5.74, 6) is -0.0767. The van der Waals surface area contributed by atoms with Gasteiger partial charge in [0.15, 0.2) is 0 Å². The third kappa shape index (κ3) is 6.09. The van der Waals surface area contributed by atoms with Gasteiger partial charge < -0.3 is 10.6 Å². The standard InChI is InChI=1S/C19H26F3N3O.ClH/c20-19(21,22)17(25-9-7-23-8-10-25)13-24-18(26)12-14-5-6-15-3-1-2-4-16(15)11-14;/h1-4,14,17,23H,5-13H2,(H,24,26);1H. The van der Waals surface area contributed by atoms with Crippen molar-refractivity contribution in [2.24, 2.45) is 5.92 Å². The second-order valence-electron chi connectivity index (χ2n) is 7.23. The molecule has 1 heterocycles. The van der Waals surface area contributed by atoms with Crippen LogP contribution < -0.4 is 10.6 Å². The molecule has 2 N–H and O–H groups in total. The third-order valence-corrected chi connectivity index (χ3v) is 5.39. The zero-order chi connectivity index (χ0) is 18.6. The van der Waals surface area contributed by atoms with Crippen molar-refractivity contribution in [1.82, 2.24) is 15.5 Å². The number of alkyl halides is 3. The van der Waals surface area contributed by atoms with Crippen molar-refractivity contribution >= 4 is 18.3 Å². The molecule has 8 heteroatoms. The average Bonchev–Trinajstić information content (AvgIpc) is 2.61. The van der Waals surface area contributed by atoms with Gasteiger partial charge in [0.05, 0.1) is 0 Å². The van der Waals surface area contributed by atoms with Crippen LogP contribution in [-0.2, 0) is 17.6 Å². The molecule has 0 radical (unpaired) electrons. The second kappa shape index (κ2) is 9.75. The maximum atomic E-state index is 13.4. The molecule has 27 heavy (non-hydrogen) atoms. The van der Waals surface area contributed by atoms with Gasteiger partial charge in [-0.1, -0.05) is 24.3 Å². The lowest BCUT2D eigenvalue weighted by Crippen LogP contribution is -2.57. The van der Waals surface area contributed by atoms with Crippen molar-refractivity contribution in [1.29, 1.82) is 0 Å². The summed E-state index contributed by atoms with van der Waals surface area (Å²) in [6, 6.07) is 6.57. The summed E-state index contributed by atoms with van der Waals surface area (Å²) in [5.41, 5.74) is 2.57. The van der Waals surface area contributed by atoms with Gasteiger partial charge in [-0.2, -0.15) is 13.2 Å². The van der Waals surface area contributed by atoms with Crippen LogP contribution in [0.25, 0.3) is 0 Å². The molecule has 2 unspecified atom stereocenters. The number of carbonyl (C=O) groups is 1. The minimum Gasteiger partial charge on any atom is -0.354 e. The Kier molecular flexibility index (Phi) is 7.94. The van der Waals surface area contributed by atoms with E-state index in [1.807, 2.05) is 12.1 Å². The SMILES string of the molecule is Cl.O=C(CC1CCc2ccccc2C1)NCC(N1CCNCC1)C(F)(F)F. The first-order valence-electron chi connectivity index (χ1n) is 9.28. The Morgan fingerprint density at radius 2 is 1.89 bits per heavy atom. The minimum atomic E-state index is -4.34. The normalized spacial score (nSPS) is 21.7. The van der Waals surface area contributed by atoms with Gasteiger partial charge in [0, 0.05) is 39.1 Å². The molecule has 0 saturated carbocycles. The molecule has 1 aromatic rings. The number of hydrogen-bond donors (Lipinski definition) is 2. The first-order valence-corrected chi connectivity index (χ1v) is 9.28. The van der Waals surface area contributed by atoms with Crippen molar-refractivity contribution in [3.05, 3.63) is 35.4 Å². The van der Waals surface area contributed by atoms with Crippen molar-refractivity contribution in [2.45, 2.75) is 37.9 Å². The summed E-state index contributed by atoms with van der Waals surface area (Å²) in [4.78, 5) is 13.6. The van der Waals surface area contributed by atoms with E-state index in [1.165, 1.54) is 16.0 Å². The molecule has 1 aromatic carbocycles. The zero-order valence-electron chi connectivity index (χ0n) is 15.2. The van der Waals surface area contributed by atoms with Crippen molar-refractivity contribution in [3.63, 3.8) is 0 Å². The lowest BCUT2D eigenvalue weighted by molar-refractivity contribution is -0.184. The molecule has 1 saturated heterocycles. The molecule has 2 aliphatic rings. The number of piperazine rings is 1. The Balaban J connectivity index is 0.00000261. The molecular formula is C19H27ClF3N3O. The molecule has 1 fully saturated rings. The Morgan fingerprint density at radius 3 is 2.56 bits per heavy atom. The average molecular weight is 406 g/mol. The number of benzene rings is 1. The smallest absolute Gasteiger partial charge is 0.354 e. The number of nitrogens with one attached hydrogen (secondary N) is 2. The van der Waals surface area contributed by atoms with Crippen LogP contribution in [0.1, 0.15) is 24.0 Å². The fourth-order valence-electron chi connectivity index (χ4n) is 3.94. The lowest BCUT2D eigenvalue weighted by Gasteiger charge is -2.36. The van der Waals surface area contributed by atoms with Crippen molar-refractivity contribution < 1.29 is 18.0 Å². The third-order valence-electron chi connectivity index (χ3n) is 5.39. The molecule has 152 valence electrons. The first kappa shape index (κ1) is 22.0. The zero-order valence-corrected chi connectivity index (χ0v) is 16.0. The fourth-order valence-corrected chi connectivity index (χ4v) is 3.94. The topological polar surface area (TPSA) is 44.4 Å². The number of aryl methyl sites for hydroxylation is 1. The van der Waals surface area contributed by atoms with E-state index in [2.05, 4.69) is 22.8 Å². The monoisotopic (exact) mass is 405 g/mol. The summed E-state index contributed by atoms with van der Waals surface area (Å²) in [5, 5.41) is 5.59. The van der Waals surface area contributed by atoms with Crippen LogP contribution in [-0.4, -0.2) is 55.7 Å². The van der Waals surface area contributed by atoms with Gasteiger partial charge in [-0.05, 0) is 36.3 Å². The van der Waals surface area contributed by atoms with Crippen LogP contribution in [0.2, 0.25) is 0 Å². The maximum Gasteiger partial charge on any atom is 0.405 e. The second-order valence-corrected chi connectivity index (χ2v) is 7.23. The highest BCUT2D eigenvalue weighted by Gasteiger charge is 2.43. The van der Waals surface area contributed by atoms with Crippen LogP contribution in [0.5, 0.6) is 0 Å². The summed E-state index contributed by atoms with van der Waals surface area (Å²) < 4.78 is 40.1. The number of rotatable bonds is 5. The van der Waals surface area contributed by atoms with E-state index in [4.69, 9.17) is 0 Å². The van der Waals surface area contributed by atoms with E-state index in [0.29, 0.717) is 32.6 Å². The quantitative estimate of drug-likeness (QED) is 0.791. The highest BCUT2D eigenvalue weighted by Crippen LogP contribution is 2.28. The number of carbonyl (C=O) groups excluding carboxylic acids is 1. The predicted octanol–water partition coefficient (Wildman–Crippen LogP) is 2.56. The van der Waals surface area contributed by atoms with Gasteiger partial charge in [0.2, 0.25) is 5.91 Å². The molecular weight excluding hydrogens is 379 g/mol. The van der Waals surface area contributed by atoms with Gasteiger partial charge in [-0.3, -0.25) is 9.69 Å². The maximum absolute atomic E-state index is 13.4. The van der Waals surface area contributed by atoms with Gasteiger partial charge in [0.25, 0.3) is 0 Å². The number of amides is 1. The van der Waals surface area contributed by atoms with Gasteiger partial charge >= 0.3 is 6.18 Å². The summed E-state index contributed by atoms with van der Waals surface area (Å²) in [6.45, 7) is 1.41. The van der Waals surface area contributed by atoms with E-state index in [0.717, 1.165) is 19.3 Å². The van der Waals surface area contributed by atoms with Crippen LogP contribution in [0, 0.1) is 5.92 Å². The van der Waals surface area contributed by atoms with Crippen molar-refractivity contribution in [2.75, 3.05) is 32.7 Å². The van der Waals surface area contributed by atoms with E-state index >= 15 is 0 Å². The summed E-state index contributed by atoms with van der Waals surface area (Å²) >= 11 is 0. The molecule has 2 atom stereocenters. The largest absolute Gasteiger partial charge is 0.405 e. The van der Waals surface area contributed by atoms with Gasteiger partial charge in [-0.15, -0.1) is 12.4 Å². The van der Waals surface area contributed by atoms with E-state index in [9.17, 15) is 18.0 Å². The number of nitrogens with zero attached hydrogens (tertiary/aromatic N) is 1. The Morgan fingerprint density at radius 1 is 1.22 bits per heavy atom. The highest BCUT2D eigenvalue weighted by molar-refractivity contribution is 5.85. The van der Waals surface area contributed by atoms with Crippen LogP contribution in [0.3, 0.4) is 0 Å². The Bertz CT molecular complexity index is 620. The Hall–Kier alpha value is -1.31. The first-order chi connectivity index (χ1) is 12.4. The van der Waals surface area contributed by atoms with Gasteiger partial charge in [0.1, 0.15) is 6.04 Å². The van der Waals surface area contributed by atoms with Crippen LogP contribution in [0.4, 0.5) is 13.2 Å². The van der Waals surface area contributed by atoms with E-state index < -0.39 is 12.2 Å². The van der Waals surface area contributed by atoms with Crippen LogP contribution >= 0.6 is 12.4 Å². The number of halogens is 4. The molecule has 1 amide bonds. The molecule has 0 aromatic heterocycles. The summed E-state index contributed by atoms with van der Waals surface area (Å²) in [6.07, 6.45) is -1.38. The molecule has 0 spiro atoms. The minimum absolute atomic E-state index is 0. The molecule has 0 bridgehead atoms. The van der Waals surface area contributed by atoms with Crippen molar-refractivity contribution in [3.8, 4) is 0 Å². The lowest BCUT2D eigenvalue weighted by atomic mass is 9.82. The van der Waals surface area contributed by atoms with E-state index in [-0.39, 0.29) is 30.8 Å². The van der Waals surface area contributed by atoms with E-state index in [1.54, 1.807) is 0 Å².